The minimum absolute atomic E-state index is 0. The first-order chi connectivity index (χ1) is 20.7. The van der Waals surface area contributed by atoms with Crippen molar-refractivity contribution >= 4 is 89.4 Å². The number of carboxylic acids is 1. The summed E-state index contributed by atoms with van der Waals surface area (Å²) in [6, 6.07) is 15.2. The first kappa shape index (κ1) is 33.3. The van der Waals surface area contributed by atoms with Crippen molar-refractivity contribution in [3.05, 3.63) is 77.7 Å². The van der Waals surface area contributed by atoms with Crippen molar-refractivity contribution in [2.45, 2.75) is 25.7 Å². The number of methoxy groups -OCH3 is 1. The number of hydrogen-bond donors (Lipinski definition) is 3. The number of anilines is 2. The maximum atomic E-state index is 13.2. The van der Waals surface area contributed by atoms with Crippen LogP contribution < -0.4 is 24.8 Å². The summed E-state index contributed by atoms with van der Waals surface area (Å²) < 4.78 is 30.6. The van der Waals surface area contributed by atoms with Crippen LogP contribution in [0.25, 0.3) is 10.9 Å². The Morgan fingerprint density at radius 3 is 2.39 bits per heavy atom. The number of hydrogen-bond acceptors (Lipinski definition) is 7. The van der Waals surface area contributed by atoms with Gasteiger partial charge in [-0.3, -0.25) is 19.4 Å². The molecule has 0 spiro atoms. The Labute approximate surface area is 286 Å². The Balaban J connectivity index is 0.00000442. The van der Waals surface area contributed by atoms with Crippen LogP contribution in [0.15, 0.2) is 66.9 Å². The molecular weight excluding hydrogens is 621 g/mol. The summed E-state index contributed by atoms with van der Waals surface area (Å²) in [6.45, 7) is 0.188. The minimum atomic E-state index is -1.26. The summed E-state index contributed by atoms with van der Waals surface area (Å²) in [5.74, 6) is -0.866. The molecule has 3 aromatic carbocycles. The van der Waals surface area contributed by atoms with E-state index < -0.39 is 29.0 Å². The molecule has 3 N–H and O–H groups in total. The van der Waals surface area contributed by atoms with Gasteiger partial charge in [-0.05, 0) is 67.8 Å². The van der Waals surface area contributed by atoms with Crippen molar-refractivity contribution in [2.24, 2.45) is 5.41 Å². The Bertz CT molecular complexity index is 1700. The predicted molar refractivity (Wildman–Crippen MR) is 166 cm³/mol. The van der Waals surface area contributed by atoms with Gasteiger partial charge in [0, 0.05) is 29.8 Å². The second-order valence-electron chi connectivity index (χ2n) is 9.89. The van der Waals surface area contributed by atoms with E-state index in [9.17, 15) is 18.8 Å². The van der Waals surface area contributed by atoms with Crippen LogP contribution >= 0.6 is 11.6 Å². The number of benzene rings is 3. The number of carbonyl (C=O) groups is 3. The van der Waals surface area contributed by atoms with Crippen molar-refractivity contribution in [3.63, 3.8) is 0 Å². The van der Waals surface area contributed by atoms with Crippen LogP contribution in [0.3, 0.4) is 0 Å². The molecule has 0 unspecified atom stereocenters. The summed E-state index contributed by atoms with van der Waals surface area (Å²) in [7, 11) is 1.48. The van der Waals surface area contributed by atoms with Gasteiger partial charge in [-0.1, -0.05) is 17.7 Å². The third-order valence-corrected chi connectivity index (χ3v) is 7.32. The molecule has 2 amide bonds. The summed E-state index contributed by atoms with van der Waals surface area (Å²) >= 11 is 6.65. The number of nitrogens with one attached hydrogen (secondary N) is 2. The third kappa shape index (κ3) is 7.52. The zero-order valence-electron chi connectivity index (χ0n) is 23.0. The summed E-state index contributed by atoms with van der Waals surface area (Å²) in [6.07, 6.45) is 2.58. The Morgan fingerprint density at radius 2 is 1.70 bits per heavy atom. The summed E-state index contributed by atoms with van der Waals surface area (Å²) in [4.78, 5) is 41.3. The predicted octanol–water partition coefficient (Wildman–Crippen LogP) is 5.51. The average molecular weight is 650 g/mol. The van der Waals surface area contributed by atoms with Gasteiger partial charge < -0.3 is 30.0 Å². The molecular formula is C31H29CaClFN3O7. The first-order valence-corrected chi connectivity index (χ1v) is 13.7. The third-order valence-electron chi connectivity index (χ3n) is 6.93. The molecule has 0 bridgehead atoms. The van der Waals surface area contributed by atoms with Crippen LogP contribution in [0.5, 0.6) is 23.0 Å². The average Bonchev–Trinajstić information content (AvgIpc) is 3.81. The number of carboxylic acid groups (broad SMARTS) is 1. The van der Waals surface area contributed by atoms with E-state index in [1.54, 1.807) is 42.6 Å². The second kappa shape index (κ2) is 14.4. The molecule has 0 saturated heterocycles. The Hall–Kier alpha value is -3.64. The van der Waals surface area contributed by atoms with Crippen LogP contribution in [0, 0.1) is 11.2 Å². The number of nitrogens with zero attached hydrogens (tertiary/aromatic N) is 1. The van der Waals surface area contributed by atoms with Gasteiger partial charge in [-0.15, -0.1) is 0 Å². The fraction of sp³-hybridized carbons (Fsp3) is 0.226. The van der Waals surface area contributed by atoms with Crippen molar-refractivity contribution in [3.8, 4) is 23.0 Å². The van der Waals surface area contributed by atoms with E-state index in [0.717, 1.165) is 0 Å². The van der Waals surface area contributed by atoms with Crippen molar-refractivity contribution in [1.82, 2.24) is 4.98 Å². The van der Waals surface area contributed by atoms with Crippen LogP contribution in [0.4, 0.5) is 15.8 Å². The molecule has 1 fully saturated rings. The molecule has 10 nitrogen and oxygen atoms in total. The van der Waals surface area contributed by atoms with E-state index in [1.165, 1.54) is 31.4 Å². The number of carbonyl (C=O) groups excluding carboxylic acids is 2. The van der Waals surface area contributed by atoms with Gasteiger partial charge in [-0.2, -0.15) is 0 Å². The zero-order valence-corrected chi connectivity index (χ0v) is 23.7. The van der Waals surface area contributed by atoms with E-state index in [0.29, 0.717) is 53.1 Å². The molecule has 13 heteroatoms. The quantitative estimate of drug-likeness (QED) is 0.104. The number of aliphatic carboxylic acids is 1. The molecule has 226 valence electrons. The Kier molecular flexibility index (Phi) is 10.9. The molecule has 0 atom stereocenters. The molecule has 1 aliphatic carbocycles. The van der Waals surface area contributed by atoms with Gasteiger partial charge in [0.1, 0.15) is 27.8 Å². The molecule has 1 heterocycles. The topological polar surface area (TPSA) is 136 Å². The van der Waals surface area contributed by atoms with Crippen molar-refractivity contribution in [2.75, 3.05) is 24.4 Å². The van der Waals surface area contributed by atoms with Gasteiger partial charge in [0.15, 0.2) is 11.5 Å². The zero-order chi connectivity index (χ0) is 30.6. The molecule has 1 saturated carbocycles. The standard InChI is InChI=1S/C31H27ClFN3O7.Ca.2H/c1-41-25-16-20-22(17-26(25)42-15-3-6-27(37)38)34-14-11-23(20)43-24-5-2-4-21(28(24)32)36-30(40)31(12-13-31)29(39)35-19-9-7-18(33)8-10-19;;;/h2,4-5,7-11,14,16-17H,3,6,12-13,15H2,1H3,(H,35,39)(H,36,40)(H,37,38);;;. The van der Waals surface area contributed by atoms with Gasteiger partial charge in [0.05, 0.1) is 24.9 Å². The van der Waals surface area contributed by atoms with Crippen molar-refractivity contribution in [1.29, 1.82) is 0 Å². The van der Waals surface area contributed by atoms with Crippen LogP contribution in [0.2, 0.25) is 5.02 Å². The number of rotatable bonds is 12. The van der Waals surface area contributed by atoms with Crippen molar-refractivity contribution < 1.29 is 38.1 Å². The number of fused-ring (bicyclic) bond motifs is 1. The molecule has 5 rings (SSSR count). The maximum absolute atomic E-state index is 13.2. The van der Waals surface area contributed by atoms with Gasteiger partial charge in [0.25, 0.3) is 0 Å². The summed E-state index contributed by atoms with van der Waals surface area (Å²) in [5, 5.41) is 15.0. The number of amides is 2. The van der Waals surface area contributed by atoms with E-state index in [2.05, 4.69) is 15.6 Å². The number of halogens is 2. The van der Waals surface area contributed by atoms with Crippen LogP contribution in [0.1, 0.15) is 25.7 Å². The SMILES string of the molecule is COc1cc2c(Oc3cccc(NC(=O)C4(C(=O)Nc5ccc(F)cc5)CC4)c3Cl)ccnc2cc1OCCCC(=O)O.[CaH2]. The fourth-order valence-electron chi connectivity index (χ4n) is 4.41. The van der Waals surface area contributed by atoms with Gasteiger partial charge in [0.2, 0.25) is 11.8 Å². The number of aromatic nitrogens is 1. The van der Waals surface area contributed by atoms with E-state index in [1.807, 2.05) is 0 Å². The van der Waals surface area contributed by atoms with E-state index in [4.69, 9.17) is 30.9 Å². The van der Waals surface area contributed by atoms with Gasteiger partial charge >= 0.3 is 43.7 Å². The molecule has 1 aromatic heterocycles. The molecule has 44 heavy (non-hydrogen) atoms. The monoisotopic (exact) mass is 649 g/mol. The number of ether oxygens (including phenoxy) is 3. The Morgan fingerprint density at radius 1 is 0.977 bits per heavy atom. The van der Waals surface area contributed by atoms with Gasteiger partial charge in [-0.25, -0.2) is 4.39 Å². The first-order valence-electron chi connectivity index (χ1n) is 13.4. The molecule has 1 aliphatic rings. The van der Waals surface area contributed by atoms with E-state index in [-0.39, 0.29) is 67.2 Å². The molecule has 4 aromatic rings. The normalized spacial score (nSPS) is 12.9. The van der Waals surface area contributed by atoms with E-state index >= 15 is 0 Å². The van der Waals surface area contributed by atoms with Crippen LogP contribution in [-0.2, 0) is 14.4 Å². The summed E-state index contributed by atoms with van der Waals surface area (Å²) in [5.41, 5.74) is -0.0789. The fourth-order valence-corrected chi connectivity index (χ4v) is 4.62. The van der Waals surface area contributed by atoms with Crippen LogP contribution in [-0.4, -0.2) is 79.3 Å². The second-order valence-corrected chi connectivity index (χ2v) is 10.3. The molecule has 0 radical (unpaired) electrons. The number of pyridine rings is 1. The molecule has 0 aliphatic heterocycles.